The third-order valence-corrected chi connectivity index (χ3v) is 6.61. The summed E-state index contributed by atoms with van der Waals surface area (Å²) in [6, 6.07) is 7.89. The number of benzene rings is 1. The van der Waals surface area contributed by atoms with Crippen LogP contribution in [0.1, 0.15) is 65.0 Å². The van der Waals surface area contributed by atoms with E-state index in [9.17, 15) is 9.90 Å². The zero-order valence-electron chi connectivity index (χ0n) is 16.3. The monoisotopic (exact) mass is 406 g/mol. The maximum atomic E-state index is 11.8. The van der Waals surface area contributed by atoms with Gasteiger partial charge in [0, 0.05) is 10.7 Å². The molecule has 0 radical (unpaired) electrons. The number of thioether (sulfide) groups is 1. The Kier molecular flexibility index (Phi) is 5.92. The summed E-state index contributed by atoms with van der Waals surface area (Å²) in [5, 5.41) is 11.2. The van der Waals surface area contributed by atoms with Crippen molar-refractivity contribution in [3.63, 3.8) is 0 Å². The number of carboxylic acid groups (broad SMARTS) is 1. The zero-order chi connectivity index (χ0) is 19.8. The van der Waals surface area contributed by atoms with Gasteiger partial charge < -0.3 is 10.0 Å². The van der Waals surface area contributed by atoms with E-state index in [2.05, 4.69) is 18.7 Å². The van der Waals surface area contributed by atoms with Crippen molar-refractivity contribution < 1.29 is 9.90 Å². The number of allylic oxidation sites excluding steroid dienone is 1. The molecule has 0 aliphatic carbocycles. The number of carbonyl (C=O) groups is 1. The molecule has 0 unspecified atom stereocenters. The van der Waals surface area contributed by atoms with Crippen molar-refractivity contribution in [2.45, 2.75) is 65.0 Å². The minimum atomic E-state index is -0.872. The second-order valence-electron chi connectivity index (χ2n) is 7.81. The number of halogens is 1. The molecule has 6 heteroatoms. The summed E-state index contributed by atoms with van der Waals surface area (Å²) >= 11 is 7.41. The smallest absolute Gasteiger partial charge is 0.344 e. The van der Waals surface area contributed by atoms with E-state index >= 15 is 0 Å². The largest absolute Gasteiger partial charge is 0.477 e. The Bertz CT molecular complexity index is 788. The van der Waals surface area contributed by atoms with Crippen LogP contribution in [0.15, 0.2) is 39.9 Å². The van der Waals surface area contributed by atoms with Crippen LogP contribution in [0.2, 0.25) is 5.02 Å². The Morgan fingerprint density at radius 2 is 2.00 bits per heavy atom. The Balaban J connectivity index is 2.07. The van der Waals surface area contributed by atoms with E-state index in [-0.39, 0.29) is 17.5 Å². The SMILES string of the molecule is CCCCC[C@@]1(C)N=C2SC(C(=O)O)=C(C(C)C)N2[C@@H]1c1ccc(Cl)cc1. The number of aliphatic imine (C=N–C) groups is 1. The van der Waals surface area contributed by atoms with Gasteiger partial charge in [-0.2, -0.15) is 0 Å². The molecule has 0 spiro atoms. The summed E-state index contributed by atoms with van der Waals surface area (Å²) < 4.78 is 0. The fourth-order valence-electron chi connectivity index (χ4n) is 4.06. The minimum absolute atomic E-state index is 0.0108. The zero-order valence-corrected chi connectivity index (χ0v) is 17.9. The average Bonchev–Trinajstić information content (AvgIpc) is 3.08. The molecule has 1 aromatic rings. The van der Waals surface area contributed by atoms with Gasteiger partial charge in [-0.15, -0.1) is 0 Å². The summed E-state index contributed by atoms with van der Waals surface area (Å²) in [6.07, 6.45) is 4.42. The van der Waals surface area contributed by atoms with Crippen LogP contribution < -0.4 is 0 Å². The molecule has 1 N–H and O–H groups in total. The number of aliphatic carboxylic acids is 1. The highest BCUT2D eigenvalue weighted by Gasteiger charge is 2.51. The van der Waals surface area contributed by atoms with Crippen LogP contribution in [0.4, 0.5) is 0 Å². The molecule has 0 fully saturated rings. The molecule has 146 valence electrons. The summed E-state index contributed by atoms with van der Waals surface area (Å²) in [6.45, 7) is 8.50. The van der Waals surface area contributed by atoms with Gasteiger partial charge in [0.2, 0.25) is 0 Å². The summed E-state index contributed by atoms with van der Waals surface area (Å²) in [5.74, 6) is -0.771. The number of hydrogen-bond acceptors (Lipinski definition) is 4. The van der Waals surface area contributed by atoms with Crippen LogP contribution in [0.3, 0.4) is 0 Å². The molecule has 0 bridgehead atoms. The van der Waals surface area contributed by atoms with E-state index in [1.807, 2.05) is 38.1 Å². The van der Waals surface area contributed by atoms with E-state index in [1.165, 1.54) is 18.2 Å². The average molecular weight is 407 g/mol. The van der Waals surface area contributed by atoms with Crippen molar-refractivity contribution in [2.24, 2.45) is 10.9 Å². The van der Waals surface area contributed by atoms with E-state index in [1.54, 1.807) is 0 Å². The fourth-order valence-corrected chi connectivity index (χ4v) is 5.45. The number of hydrogen-bond donors (Lipinski definition) is 1. The first kappa shape index (κ1) is 20.3. The van der Waals surface area contributed by atoms with Crippen molar-refractivity contribution in [3.8, 4) is 0 Å². The third kappa shape index (κ3) is 3.77. The number of nitrogens with zero attached hydrogens (tertiary/aromatic N) is 2. The topological polar surface area (TPSA) is 52.9 Å². The Hall–Kier alpha value is -1.46. The molecule has 2 atom stereocenters. The number of fused-ring (bicyclic) bond motifs is 1. The van der Waals surface area contributed by atoms with Crippen LogP contribution in [-0.4, -0.2) is 26.7 Å². The van der Waals surface area contributed by atoms with Crippen molar-refractivity contribution in [3.05, 3.63) is 45.5 Å². The van der Waals surface area contributed by atoms with Gasteiger partial charge in [-0.3, -0.25) is 4.99 Å². The van der Waals surface area contributed by atoms with Crippen LogP contribution in [0.5, 0.6) is 0 Å². The first-order chi connectivity index (χ1) is 12.8. The maximum Gasteiger partial charge on any atom is 0.344 e. The van der Waals surface area contributed by atoms with Crippen molar-refractivity contribution in [2.75, 3.05) is 0 Å². The highest BCUT2D eigenvalue weighted by atomic mass is 35.5. The minimum Gasteiger partial charge on any atom is -0.477 e. The molecule has 3 rings (SSSR count). The molecule has 0 amide bonds. The van der Waals surface area contributed by atoms with Gasteiger partial charge in [0.1, 0.15) is 4.91 Å². The number of amidine groups is 1. The predicted octanol–water partition coefficient (Wildman–Crippen LogP) is 6.09. The van der Waals surface area contributed by atoms with Gasteiger partial charge in [-0.1, -0.05) is 63.8 Å². The van der Waals surface area contributed by atoms with Gasteiger partial charge in [0.25, 0.3) is 0 Å². The lowest BCUT2D eigenvalue weighted by molar-refractivity contribution is -0.131. The lowest BCUT2D eigenvalue weighted by Gasteiger charge is -2.36. The lowest BCUT2D eigenvalue weighted by Crippen LogP contribution is -2.37. The molecule has 2 heterocycles. The van der Waals surface area contributed by atoms with Gasteiger partial charge in [-0.25, -0.2) is 4.79 Å². The van der Waals surface area contributed by atoms with Crippen LogP contribution in [0, 0.1) is 5.92 Å². The normalized spacial score (nSPS) is 24.6. The second-order valence-corrected chi connectivity index (χ2v) is 9.22. The van der Waals surface area contributed by atoms with Crippen LogP contribution >= 0.6 is 23.4 Å². The van der Waals surface area contributed by atoms with Crippen molar-refractivity contribution in [1.82, 2.24) is 4.90 Å². The first-order valence-corrected chi connectivity index (χ1v) is 10.8. The summed E-state index contributed by atoms with van der Waals surface area (Å²) in [4.78, 5) is 19.5. The Labute approximate surface area is 170 Å². The van der Waals surface area contributed by atoms with Crippen molar-refractivity contribution in [1.29, 1.82) is 0 Å². The second kappa shape index (κ2) is 7.88. The highest BCUT2D eigenvalue weighted by molar-refractivity contribution is 8.18. The standard InChI is InChI=1S/C21H27ClN2O2S/c1-5-6-7-12-21(4)18(14-8-10-15(22)11-9-14)24-16(13(2)3)17(19(25)26)27-20(24)23-21/h8-11,13,18H,5-7,12H2,1-4H3,(H,25,26)/t18-,21-/m1/s1. The Morgan fingerprint density at radius 1 is 1.33 bits per heavy atom. The molecule has 0 aromatic heterocycles. The van der Waals surface area contributed by atoms with Crippen LogP contribution in [-0.2, 0) is 4.79 Å². The quantitative estimate of drug-likeness (QED) is 0.556. The molecule has 0 saturated carbocycles. The van der Waals surface area contributed by atoms with E-state index in [0.29, 0.717) is 9.93 Å². The number of unbranched alkanes of at least 4 members (excludes halogenated alkanes) is 2. The van der Waals surface area contributed by atoms with Crippen LogP contribution in [0.25, 0.3) is 0 Å². The van der Waals surface area contributed by atoms with Crippen molar-refractivity contribution >= 4 is 34.5 Å². The number of rotatable bonds is 7. The molecule has 2 aliphatic heterocycles. The predicted molar refractivity (Wildman–Crippen MR) is 113 cm³/mol. The Morgan fingerprint density at radius 3 is 2.56 bits per heavy atom. The summed E-state index contributed by atoms with van der Waals surface area (Å²) in [5.41, 5.74) is 1.71. The maximum absolute atomic E-state index is 11.8. The summed E-state index contributed by atoms with van der Waals surface area (Å²) in [7, 11) is 0. The van der Waals surface area contributed by atoms with Gasteiger partial charge in [0.15, 0.2) is 5.17 Å². The number of carboxylic acids is 1. The molecule has 2 aliphatic rings. The third-order valence-electron chi connectivity index (χ3n) is 5.30. The fraction of sp³-hybridized carbons (Fsp3) is 0.524. The highest BCUT2D eigenvalue weighted by Crippen LogP contribution is 2.53. The van der Waals surface area contributed by atoms with Gasteiger partial charge >= 0.3 is 5.97 Å². The van der Waals surface area contributed by atoms with E-state index in [4.69, 9.17) is 16.6 Å². The molecule has 4 nitrogen and oxygen atoms in total. The first-order valence-electron chi connectivity index (χ1n) is 9.58. The van der Waals surface area contributed by atoms with E-state index in [0.717, 1.165) is 35.7 Å². The molecule has 27 heavy (non-hydrogen) atoms. The van der Waals surface area contributed by atoms with Gasteiger partial charge in [0.05, 0.1) is 11.6 Å². The lowest BCUT2D eigenvalue weighted by atomic mass is 9.82. The molecule has 1 aromatic carbocycles. The molecular formula is C21H27ClN2O2S. The van der Waals surface area contributed by atoms with Gasteiger partial charge in [-0.05, 0) is 48.7 Å². The molecule has 0 saturated heterocycles. The van der Waals surface area contributed by atoms with E-state index < -0.39 is 5.97 Å². The molecular weight excluding hydrogens is 380 g/mol.